The van der Waals surface area contributed by atoms with Crippen molar-refractivity contribution in [1.29, 1.82) is 0 Å². The van der Waals surface area contributed by atoms with Crippen LogP contribution in [0.2, 0.25) is 0 Å². The summed E-state index contributed by atoms with van der Waals surface area (Å²) in [5.41, 5.74) is 0. The highest BCUT2D eigenvalue weighted by atomic mass is 16.6. The van der Waals surface area contributed by atoms with Crippen molar-refractivity contribution in [2.75, 3.05) is 19.8 Å². The molecule has 396 valence electrons. The number of carbonyl (C=O) groups excluding carboxylic acids is 2. The first-order chi connectivity index (χ1) is 33.6. The lowest BCUT2D eigenvalue weighted by atomic mass is 10.0. The van der Waals surface area contributed by atoms with Crippen molar-refractivity contribution in [1.82, 2.24) is 0 Å². The van der Waals surface area contributed by atoms with Crippen LogP contribution in [0.25, 0.3) is 0 Å². The number of rotatable bonds is 55. The topological polar surface area (TPSA) is 61.8 Å². The predicted molar refractivity (Wildman–Crippen MR) is 298 cm³/mol. The van der Waals surface area contributed by atoms with Crippen molar-refractivity contribution in [2.45, 2.75) is 309 Å². The van der Waals surface area contributed by atoms with E-state index in [-0.39, 0.29) is 25.2 Å². The van der Waals surface area contributed by atoms with Gasteiger partial charge in [-0.25, -0.2) is 0 Å². The summed E-state index contributed by atoms with van der Waals surface area (Å²) in [5.74, 6) is -0.475. The van der Waals surface area contributed by atoms with Gasteiger partial charge < -0.3 is 14.2 Å². The zero-order chi connectivity index (χ0) is 49.2. The summed E-state index contributed by atoms with van der Waals surface area (Å²) in [7, 11) is 0. The van der Waals surface area contributed by atoms with Crippen LogP contribution < -0.4 is 0 Å². The summed E-state index contributed by atoms with van der Waals surface area (Å²) >= 11 is 0. The third kappa shape index (κ3) is 56.2. The Morgan fingerprint density at radius 1 is 0.324 bits per heavy atom. The summed E-state index contributed by atoms with van der Waals surface area (Å²) in [6.45, 7) is 7.78. The molecule has 5 nitrogen and oxygen atoms in total. The van der Waals surface area contributed by atoms with E-state index < -0.39 is 6.10 Å². The van der Waals surface area contributed by atoms with Crippen LogP contribution in [0, 0.1) is 0 Å². The number of esters is 2. The number of hydrogen-bond donors (Lipinski definition) is 0. The highest BCUT2D eigenvalue weighted by molar-refractivity contribution is 5.70. The summed E-state index contributed by atoms with van der Waals surface area (Å²) in [5, 5.41) is 0. The molecule has 0 aromatic heterocycles. The van der Waals surface area contributed by atoms with E-state index in [1.807, 2.05) is 6.08 Å². The second kappa shape index (κ2) is 58.9. The van der Waals surface area contributed by atoms with Crippen molar-refractivity contribution in [2.24, 2.45) is 0 Å². The molecule has 0 heterocycles. The first-order valence-corrected chi connectivity index (χ1v) is 29.8. The lowest BCUT2D eigenvalue weighted by Gasteiger charge is -2.18. The molecule has 0 aromatic carbocycles. The molecular formula is C63H114O5. The van der Waals surface area contributed by atoms with Crippen LogP contribution in [0.3, 0.4) is 0 Å². The Morgan fingerprint density at radius 2 is 0.647 bits per heavy atom. The standard InChI is InChI=1S/C63H114O5/c1-4-7-10-13-16-19-22-25-28-31-32-34-35-38-41-44-47-50-53-56-62(64)67-60-61(59-66-58-55-52-49-46-43-40-37-30-27-24-21-18-15-12-9-6-3)68-63(65)57-54-51-48-45-42-39-36-33-29-26-23-20-17-14-11-8-5-2/h16,19,25,28,32,34,38,41,47,50,61H,4-15,17-18,20-24,26-27,29-31,33,35-37,39-40,42-46,48-49,51-60H2,1-3H3/b19-16-,28-25-,34-32-,41-38-,50-47-/t61-/m1/s1. The van der Waals surface area contributed by atoms with Crippen LogP contribution >= 0.6 is 0 Å². The van der Waals surface area contributed by atoms with Gasteiger partial charge in [-0.1, -0.05) is 293 Å². The number of unbranched alkanes of at least 4 members (excludes halogenated alkanes) is 34. The van der Waals surface area contributed by atoms with Crippen LogP contribution in [0.5, 0.6) is 0 Å². The number of carbonyl (C=O) groups is 2. The van der Waals surface area contributed by atoms with Crippen molar-refractivity contribution < 1.29 is 23.8 Å². The molecule has 0 radical (unpaired) electrons. The molecule has 5 heteroatoms. The maximum Gasteiger partial charge on any atom is 0.306 e. The molecule has 1 atom stereocenters. The van der Waals surface area contributed by atoms with Gasteiger partial charge >= 0.3 is 11.9 Å². The smallest absolute Gasteiger partial charge is 0.306 e. The maximum atomic E-state index is 12.9. The minimum Gasteiger partial charge on any atom is -0.462 e. The summed E-state index contributed by atoms with van der Waals surface area (Å²) in [6.07, 6.45) is 75.4. The molecule has 0 aromatic rings. The average molecular weight is 952 g/mol. The van der Waals surface area contributed by atoms with E-state index in [9.17, 15) is 9.59 Å². The van der Waals surface area contributed by atoms with E-state index in [1.54, 1.807) is 0 Å². The minimum absolute atomic E-state index is 0.0501. The van der Waals surface area contributed by atoms with Gasteiger partial charge in [0.2, 0.25) is 0 Å². The minimum atomic E-state index is -0.564. The third-order valence-corrected chi connectivity index (χ3v) is 13.1. The van der Waals surface area contributed by atoms with Gasteiger partial charge in [0.15, 0.2) is 6.10 Å². The number of ether oxygens (including phenoxy) is 3. The van der Waals surface area contributed by atoms with Crippen molar-refractivity contribution in [3.63, 3.8) is 0 Å². The molecule has 0 aliphatic heterocycles. The van der Waals surface area contributed by atoms with Crippen LogP contribution in [0.4, 0.5) is 0 Å². The molecule has 0 unspecified atom stereocenters. The number of allylic oxidation sites excluding steroid dienone is 10. The van der Waals surface area contributed by atoms with Gasteiger partial charge in [0.1, 0.15) is 6.61 Å². The van der Waals surface area contributed by atoms with Crippen LogP contribution in [0.15, 0.2) is 60.8 Å². The van der Waals surface area contributed by atoms with E-state index in [2.05, 4.69) is 75.5 Å². The van der Waals surface area contributed by atoms with E-state index >= 15 is 0 Å². The van der Waals surface area contributed by atoms with Crippen molar-refractivity contribution in [3.8, 4) is 0 Å². The fourth-order valence-electron chi connectivity index (χ4n) is 8.61. The highest BCUT2D eigenvalue weighted by Gasteiger charge is 2.17. The van der Waals surface area contributed by atoms with Gasteiger partial charge in [0.25, 0.3) is 0 Å². The molecule has 0 saturated heterocycles. The van der Waals surface area contributed by atoms with Gasteiger partial charge in [-0.2, -0.15) is 0 Å². The Balaban J connectivity index is 4.34. The Morgan fingerprint density at radius 3 is 1.04 bits per heavy atom. The molecule has 0 N–H and O–H groups in total. The molecule has 0 aliphatic rings. The first-order valence-electron chi connectivity index (χ1n) is 29.8. The second-order valence-corrected chi connectivity index (χ2v) is 19.9. The maximum absolute atomic E-state index is 12.9. The highest BCUT2D eigenvalue weighted by Crippen LogP contribution is 2.16. The zero-order valence-electron chi connectivity index (χ0n) is 45.6. The molecule has 68 heavy (non-hydrogen) atoms. The van der Waals surface area contributed by atoms with Gasteiger partial charge in [-0.05, 0) is 57.8 Å². The van der Waals surface area contributed by atoms with Crippen molar-refractivity contribution >= 4 is 11.9 Å². The van der Waals surface area contributed by atoms with Crippen molar-refractivity contribution in [3.05, 3.63) is 60.8 Å². The Kier molecular flexibility index (Phi) is 56.8. The summed E-state index contributed by atoms with van der Waals surface area (Å²) in [6, 6.07) is 0. The lowest BCUT2D eigenvalue weighted by molar-refractivity contribution is -0.162. The molecule has 0 fully saturated rings. The fraction of sp³-hybridized carbons (Fsp3) is 0.810. The van der Waals surface area contributed by atoms with Gasteiger partial charge in [-0.15, -0.1) is 0 Å². The lowest BCUT2D eigenvalue weighted by Crippen LogP contribution is -2.30. The van der Waals surface area contributed by atoms with Crippen LogP contribution in [-0.2, 0) is 23.8 Å². The normalized spacial score (nSPS) is 12.6. The molecular weight excluding hydrogens is 837 g/mol. The van der Waals surface area contributed by atoms with Crippen LogP contribution in [0.1, 0.15) is 303 Å². The summed E-state index contributed by atoms with van der Waals surface area (Å²) < 4.78 is 17.4. The van der Waals surface area contributed by atoms with Crippen LogP contribution in [-0.4, -0.2) is 37.9 Å². The molecule has 0 amide bonds. The monoisotopic (exact) mass is 951 g/mol. The van der Waals surface area contributed by atoms with Gasteiger partial charge in [0, 0.05) is 19.4 Å². The van der Waals surface area contributed by atoms with E-state index in [4.69, 9.17) is 14.2 Å². The van der Waals surface area contributed by atoms with Gasteiger partial charge in [-0.3, -0.25) is 9.59 Å². The Labute approximate surface area is 424 Å². The average Bonchev–Trinajstić information content (AvgIpc) is 3.34. The third-order valence-electron chi connectivity index (χ3n) is 13.1. The first kappa shape index (κ1) is 65.6. The molecule has 0 bridgehead atoms. The molecule has 0 saturated carbocycles. The van der Waals surface area contributed by atoms with E-state index in [0.29, 0.717) is 25.9 Å². The molecule has 0 spiro atoms. The van der Waals surface area contributed by atoms with E-state index in [0.717, 1.165) is 51.4 Å². The van der Waals surface area contributed by atoms with E-state index in [1.165, 1.54) is 212 Å². The Hall–Kier alpha value is -2.40. The van der Waals surface area contributed by atoms with Gasteiger partial charge in [0.05, 0.1) is 6.61 Å². The quantitative estimate of drug-likeness (QED) is 0.0345. The largest absolute Gasteiger partial charge is 0.462 e. The zero-order valence-corrected chi connectivity index (χ0v) is 45.6. The summed E-state index contributed by atoms with van der Waals surface area (Å²) in [4.78, 5) is 25.5. The number of hydrogen-bond acceptors (Lipinski definition) is 5. The second-order valence-electron chi connectivity index (χ2n) is 19.9. The Bertz CT molecular complexity index is 1170. The molecule has 0 aliphatic carbocycles. The predicted octanol–water partition coefficient (Wildman–Crippen LogP) is 20.5. The fourth-order valence-corrected chi connectivity index (χ4v) is 8.61. The molecule has 0 rings (SSSR count). The SMILES string of the molecule is CCCCC/C=C\C/C=C\C/C=C\C/C=C\C/C=C\CCC(=O)OC[C@@H](COCCCCCCCCCCCCCCCCCC)OC(=O)CCCCCCCCCCCCCCCCCCC.